The highest BCUT2D eigenvalue weighted by Gasteiger charge is 2.30. The first kappa shape index (κ1) is 90.2. The van der Waals surface area contributed by atoms with Crippen molar-refractivity contribution in [2.75, 3.05) is 39.6 Å². The van der Waals surface area contributed by atoms with Gasteiger partial charge in [-0.1, -0.05) is 286 Å². The number of aliphatic hydroxyl groups excluding tert-OH is 1. The number of carbonyl (C=O) groups is 4. The number of carbonyl (C=O) groups excluding carboxylic acids is 4. The molecule has 0 aliphatic rings. The fraction of sp³-hybridized carbons (Fsp3) is 0.760. The second-order valence-corrected chi connectivity index (χ2v) is 27.4. The minimum absolute atomic E-state index is 0.0387. The van der Waals surface area contributed by atoms with Crippen LogP contribution < -0.4 is 0 Å². The summed E-state index contributed by atoms with van der Waals surface area (Å²) in [6.45, 7) is 4.63. The van der Waals surface area contributed by atoms with Gasteiger partial charge in [0.15, 0.2) is 12.2 Å². The summed E-state index contributed by atoms with van der Waals surface area (Å²) in [6.07, 6.45) is 67.5. The Morgan fingerprint density at radius 2 is 0.585 bits per heavy atom. The Hall–Kier alpha value is -3.76. The quantitative estimate of drug-likeness (QED) is 0.0169. The Labute approximate surface area is 570 Å². The largest absolute Gasteiger partial charge is 0.472 e. The van der Waals surface area contributed by atoms with E-state index >= 15 is 0 Å². The summed E-state index contributed by atoms with van der Waals surface area (Å²) < 4.78 is 68.2. The molecule has 0 amide bonds. The van der Waals surface area contributed by atoms with E-state index in [1.165, 1.54) is 109 Å². The molecule has 0 aromatic carbocycles. The van der Waals surface area contributed by atoms with Crippen LogP contribution in [-0.4, -0.2) is 96.7 Å². The van der Waals surface area contributed by atoms with E-state index in [0.717, 1.165) is 116 Å². The number of allylic oxidation sites excluding steroid dienone is 14. The highest BCUT2D eigenvalue weighted by molar-refractivity contribution is 7.47. The second kappa shape index (κ2) is 67.8. The van der Waals surface area contributed by atoms with Crippen LogP contribution in [0.2, 0.25) is 0 Å². The van der Waals surface area contributed by atoms with Crippen molar-refractivity contribution in [2.24, 2.45) is 0 Å². The molecular weight excluding hydrogens is 1230 g/mol. The number of hydrogen-bond acceptors (Lipinski definition) is 15. The average Bonchev–Trinajstić information content (AvgIpc) is 1.24. The maximum atomic E-state index is 13.0. The Balaban J connectivity index is 5.33. The predicted octanol–water partition coefficient (Wildman–Crippen LogP) is 20.7. The number of aliphatic hydroxyl groups is 1. The van der Waals surface area contributed by atoms with Crippen molar-refractivity contribution in [3.63, 3.8) is 0 Å². The zero-order valence-electron chi connectivity index (χ0n) is 59.1. The lowest BCUT2D eigenvalue weighted by atomic mass is 10.0. The first-order valence-corrected chi connectivity index (χ1v) is 39.8. The van der Waals surface area contributed by atoms with Crippen LogP contribution in [0.3, 0.4) is 0 Å². The van der Waals surface area contributed by atoms with Gasteiger partial charge in [-0.2, -0.15) is 0 Å². The molecular formula is C75H132O17P2. The highest BCUT2D eigenvalue weighted by Crippen LogP contribution is 2.45. The van der Waals surface area contributed by atoms with Crippen LogP contribution in [0.4, 0.5) is 0 Å². The summed E-state index contributed by atoms with van der Waals surface area (Å²) in [5.74, 6) is -2.26. The van der Waals surface area contributed by atoms with Gasteiger partial charge in [0.1, 0.15) is 19.3 Å². The van der Waals surface area contributed by atoms with Crippen molar-refractivity contribution < 1.29 is 80.2 Å². The lowest BCUT2D eigenvalue weighted by Crippen LogP contribution is -2.30. The summed E-state index contributed by atoms with van der Waals surface area (Å²) in [5.41, 5.74) is 0. The number of phosphoric acid groups is 2. The molecule has 0 rings (SSSR count). The van der Waals surface area contributed by atoms with Crippen LogP contribution in [0.15, 0.2) is 85.1 Å². The number of ether oxygens (including phenoxy) is 4. The van der Waals surface area contributed by atoms with Crippen molar-refractivity contribution in [3.05, 3.63) is 85.1 Å². The molecule has 0 fully saturated rings. The van der Waals surface area contributed by atoms with E-state index in [1.807, 2.05) is 18.2 Å². The Kier molecular flexibility index (Phi) is 65.1. The minimum atomic E-state index is -4.98. The summed E-state index contributed by atoms with van der Waals surface area (Å²) in [4.78, 5) is 72.6. The van der Waals surface area contributed by atoms with E-state index in [0.29, 0.717) is 32.1 Å². The zero-order valence-corrected chi connectivity index (χ0v) is 60.9. The molecule has 5 unspecified atom stereocenters. The van der Waals surface area contributed by atoms with Gasteiger partial charge < -0.3 is 33.8 Å². The van der Waals surface area contributed by atoms with E-state index in [2.05, 4.69) is 94.5 Å². The standard InChI is InChI=1S/C75H132O17P2/c1-5-9-13-17-21-25-29-31-32-33-34-35-36-38-42-44-48-52-56-60-73(78)86-66-71(92-75(80)62-58-54-50-46-40-28-24-20-16-12-8-4)68-90-94(83,84)88-64-69(76)63-87-93(81,82)89-67-70(91-74(79)61-57-53-49-45-39-27-23-19-15-11-7-3)65-85-72(77)59-55-51-47-43-41-37-30-26-22-18-14-10-6-2/h9,13,19,21,23,25,31-32,34-35,38,42,48,52,69-71,76H,5-8,10-12,14-18,20,22,24,26-30,33,36-37,39-41,43-47,49-51,53-68H2,1-4H3,(H,81,82)(H,83,84)/b13-9-,23-19-,25-21-,32-31-,35-34-,42-38-,52-48-. The van der Waals surface area contributed by atoms with Gasteiger partial charge in [-0.25, -0.2) is 9.13 Å². The lowest BCUT2D eigenvalue weighted by molar-refractivity contribution is -0.161. The Morgan fingerprint density at radius 3 is 0.947 bits per heavy atom. The van der Waals surface area contributed by atoms with Gasteiger partial charge in [-0.3, -0.25) is 37.3 Å². The number of rotatable bonds is 69. The number of esters is 4. The SMILES string of the molecule is CC/C=C\C/C=C\C/C=C\C/C=C\C/C=C\C/C=C\CCC(=O)OCC(COP(=O)(O)OCC(O)COP(=O)(O)OCC(COC(=O)CCCCCCCCCCCCCCC)OC(=O)CCCCCCC/C=C\CCCC)OC(=O)CCCCCCCCCCCCC. The molecule has 0 heterocycles. The second-order valence-electron chi connectivity index (χ2n) is 24.5. The third-order valence-electron chi connectivity index (χ3n) is 15.4. The summed E-state index contributed by atoms with van der Waals surface area (Å²) in [5, 5.41) is 10.6. The van der Waals surface area contributed by atoms with Crippen LogP contribution in [-0.2, 0) is 65.4 Å². The monoisotopic (exact) mass is 1370 g/mol. The number of unbranched alkanes of at least 4 members (excludes halogenated alkanes) is 29. The molecule has 0 aliphatic heterocycles. The van der Waals surface area contributed by atoms with Crippen LogP contribution >= 0.6 is 15.6 Å². The molecule has 0 aliphatic carbocycles. The Morgan fingerprint density at radius 1 is 0.309 bits per heavy atom. The van der Waals surface area contributed by atoms with Gasteiger partial charge in [-0.05, 0) is 83.5 Å². The van der Waals surface area contributed by atoms with Crippen molar-refractivity contribution in [3.8, 4) is 0 Å². The summed E-state index contributed by atoms with van der Waals surface area (Å²) >= 11 is 0. The molecule has 17 nitrogen and oxygen atoms in total. The molecule has 0 aromatic rings. The molecule has 94 heavy (non-hydrogen) atoms. The average molecular weight is 1370 g/mol. The van der Waals surface area contributed by atoms with E-state index in [1.54, 1.807) is 0 Å². The molecule has 0 aromatic heterocycles. The Bertz CT molecular complexity index is 2120. The third kappa shape index (κ3) is 66.8. The summed E-state index contributed by atoms with van der Waals surface area (Å²) in [7, 11) is -9.95. The minimum Gasteiger partial charge on any atom is -0.462 e. The molecule has 0 saturated heterocycles. The van der Waals surface area contributed by atoms with E-state index in [4.69, 9.17) is 37.0 Å². The van der Waals surface area contributed by atoms with Gasteiger partial charge >= 0.3 is 39.5 Å². The number of hydrogen-bond donors (Lipinski definition) is 3. The topological polar surface area (TPSA) is 237 Å². The molecule has 5 atom stereocenters. The van der Waals surface area contributed by atoms with Crippen LogP contribution in [0.5, 0.6) is 0 Å². The highest BCUT2D eigenvalue weighted by atomic mass is 31.2. The third-order valence-corrected chi connectivity index (χ3v) is 17.3. The maximum Gasteiger partial charge on any atom is 0.472 e. The molecule has 0 radical (unpaired) electrons. The van der Waals surface area contributed by atoms with Gasteiger partial charge in [0, 0.05) is 25.7 Å². The van der Waals surface area contributed by atoms with Gasteiger partial charge in [0.05, 0.1) is 26.4 Å². The molecule has 0 saturated carbocycles. The van der Waals surface area contributed by atoms with E-state index in [9.17, 15) is 43.2 Å². The lowest BCUT2D eigenvalue weighted by Gasteiger charge is -2.21. The fourth-order valence-corrected chi connectivity index (χ4v) is 11.3. The van der Waals surface area contributed by atoms with Crippen LogP contribution in [0.25, 0.3) is 0 Å². The first-order chi connectivity index (χ1) is 45.7. The van der Waals surface area contributed by atoms with Crippen LogP contribution in [0, 0.1) is 0 Å². The van der Waals surface area contributed by atoms with Crippen molar-refractivity contribution in [2.45, 2.75) is 329 Å². The van der Waals surface area contributed by atoms with Crippen molar-refractivity contribution in [1.82, 2.24) is 0 Å². The van der Waals surface area contributed by atoms with Crippen molar-refractivity contribution in [1.29, 1.82) is 0 Å². The van der Waals surface area contributed by atoms with Crippen LogP contribution in [0.1, 0.15) is 310 Å². The van der Waals surface area contributed by atoms with E-state index < -0.39 is 97.5 Å². The van der Waals surface area contributed by atoms with Gasteiger partial charge in [0.25, 0.3) is 0 Å². The molecule has 0 spiro atoms. The van der Waals surface area contributed by atoms with Gasteiger partial charge in [0.2, 0.25) is 0 Å². The number of phosphoric ester groups is 2. The molecule has 0 bridgehead atoms. The predicted molar refractivity (Wildman–Crippen MR) is 381 cm³/mol. The van der Waals surface area contributed by atoms with E-state index in [-0.39, 0.29) is 25.7 Å². The zero-order chi connectivity index (χ0) is 69.0. The molecule has 3 N–H and O–H groups in total. The normalized spacial score (nSPS) is 14.5. The molecule has 19 heteroatoms. The summed E-state index contributed by atoms with van der Waals surface area (Å²) in [6, 6.07) is 0. The fourth-order valence-electron chi connectivity index (χ4n) is 9.76. The van der Waals surface area contributed by atoms with Crippen molar-refractivity contribution >= 4 is 39.5 Å². The maximum absolute atomic E-state index is 13.0. The molecule has 544 valence electrons. The smallest absolute Gasteiger partial charge is 0.462 e. The van der Waals surface area contributed by atoms with Gasteiger partial charge in [-0.15, -0.1) is 0 Å². The first-order valence-electron chi connectivity index (χ1n) is 36.8.